The molecule has 18 heavy (non-hydrogen) atoms. The highest BCUT2D eigenvalue weighted by Gasteiger charge is 2.38. The average Bonchev–Trinajstić information content (AvgIpc) is 2.27. The third kappa shape index (κ3) is 3.79. The molecule has 0 saturated heterocycles. The summed E-state index contributed by atoms with van der Waals surface area (Å²) in [4.78, 5) is 12.4. The molecule has 5 heteroatoms. The van der Waals surface area contributed by atoms with E-state index in [1.165, 1.54) is 6.26 Å². The Morgan fingerprint density at radius 3 is 2.50 bits per heavy atom. The summed E-state index contributed by atoms with van der Waals surface area (Å²) < 4.78 is 23.2. The quantitative estimate of drug-likeness (QED) is 0.828. The third-order valence-corrected chi connectivity index (χ3v) is 5.57. The fraction of sp³-hybridized carbons (Fsp3) is 0.923. The van der Waals surface area contributed by atoms with E-state index >= 15 is 0 Å². The summed E-state index contributed by atoms with van der Waals surface area (Å²) in [6, 6.07) is 0. The zero-order chi connectivity index (χ0) is 14.0. The maximum Gasteiger partial charge on any atom is 0.155 e. The summed E-state index contributed by atoms with van der Waals surface area (Å²) >= 11 is 0. The van der Waals surface area contributed by atoms with Crippen molar-refractivity contribution in [1.29, 1.82) is 0 Å². The normalized spacial score (nSPS) is 28.7. The molecule has 2 N–H and O–H groups in total. The first-order chi connectivity index (χ1) is 8.18. The van der Waals surface area contributed by atoms with Gasteiger partial charge in [0.15, 0.2) is 5.78 Å². The molecule has 1 aliphatic carbocycles. The van der Waals surface area contributed by atoms with Crippen molar-refractivity contribution in [1.82, 2.24) is 0 Å². The Hall–Kier alpha value is -0.420. The van der Waals surface area contributed by atoms with Crippen LogP contribution < -0.4 is 5.73 Å². The molecule has 0 bridgehead atoms. The summed E-state index contributed by atoms with van der Waals surface area (Å²) in [6.45, 7) is 3.77. The van der Waals surface area contributed by atoms with Crippen LogP contribution in [0.15, 0.2) is 0 Å². The van der Waals surface area contributed by atoms with Crippen molar-refractivity contribution in [3.05, 3.63) is 0 Å². The van der Waals surface area contributed by atoms with E-state index in [1.54, 1.807) is 6.92 Å². The molecule has 0 aromatic rings. The van der Waals surface area contributed by atoms with Gasteiger partial charge in [-0.3, -0.25) is 4.79 Å². The molecule has 1 aliphatic rings. The second kappa shape index (κ2) is 5.70. The number of hydrogen-bond acceptors (Lipinski definition) is 4. The van der Waals surface area contributed by atoms with Crippen LogP contribution in [0.1, 0.15) is 52.4 Å². The Kier molecular flexibility index (Phi) is 4.95. The molecular weight excluding hydrogens is 250 g/mol. The van der Waals surface area contributed by atoms with Crippen molar-refractivity contribution in [3.63, 3.8) is 0 Å². The molecule has 0 aromatic carbocycles. The molecule has 0 spiro atoms. The van der Waals surface area contributed by atoms with Gasteiger partial charge in [0.2, 0.25) is 0 Å². The van der Waals surface area contributed by atoms with Gasteiger partial charge in [0.1, 0.15) is 9.84 Å². The second-order valence-electron chi connectivity index (χ2n) is 5.85. The molecule has 3 atom stereocenters. The highest BCUT2D eigenvalue weighted by atomic mass is 32.2. The molecule has 0 heterocycles. The van der Waals surface area contributed by atoms with Crippen molar-refractivity contribution >= 4 is 15.6 Å². The van der Waals surface area contributed by atoms with Crippen LogP contribution in [0.3, 0.4) is 0 Å². The van der Waals surface area contributed by atoms with E-state index in [4.69, 9.17) is 5.73 Å². The maximum atomic E-state index is 12.4. The first kappa shape index (κ1) is 15.6. The number of carbonyl (C=O) groups excluding carboxylic acids is 1. The van der Waals surface area contributed by atoms with Gasteiger partial charge in [0.25, 0.3) is 0 Å². The topological polar surface area (TPSA) is 77.2 Å². The molecule has 0 radical (unpaired) electrons. The van der Waals surface area contributed by atoms with Crippen LogP contribution in [-0.4, -0.2) is 31.2 Å². The smallest absolute Gasteiger partial charge is 0.155 e. The Balaban J connectivity index is 2.76. The van der Waals surface area contributed by atoms with Crippen LogP contribution in [-0.2, 0) is 14.6 Å². The molecule has 1 fully saturated rings. The minimum Gasteiger partial charge on any atom is -0.319 e. The molecule has 0 aromatic heterocycles. The molecule has 4 nitrogen and oxygen atoms in total. The summed E-state index contributed by atoms with van der Waals surface area (Å²) in [5.74, 6) is -0.141. The predicted octanol–water partition coefficient (Wildman–Crippen LogP) is 1.68. The maximum absolute atomic E-state index is 12.4. The molecule has 0 aliphatic heterocycles. The van der Waals surface area contributed by atoms with Crippen molar-refractivity contribution < 1.29 is 13.2 Å². The summed E-state index contributed by atoms with van der Waals surface area (Å²) in [7, 11) is -3.04. The molecule has 1 rings (SSSR count). The van der Waals surface area contributed by atoms with E-state index in [2.05, 4.69) is 0 Å². The lowest BCUT2D eigenvalue weighted by Gasteiger charge is -2.32. The van der Waals surface area contributed by atoms with Gasteiger partial charge in [0, 0.05) is 12.2 Å². The molecular formula is C13H25NO3S. The number of carbonyl (C=O) groups is 1. The van der Waals surface area contributed by atoms with Crippen LogP contribution in [0.2, 0.25) is 0 Å². The number of ketones is 1. The molecule has 0 amide bonds. The van der Waals surface area contributed by atoms with Gasteiger partial charge in [-0.25, -0.2) is 8.42 Å². The second-order valence-corrected chi connectivity index (χ2v) is 8.17. The van der Waals surface area contributed by atoms with Crippen molar-refractivity contribution in [2.75, 3.05) is 6.26 Å². The van der Waals surface area contributed by atoms with Gasteiger partial charge in [-0.2, -0.15) is 0 Å². The largest absolute Gasteiger partial charge is 0.319 e. The molecule has 1 saturated carbocycles. The van der Waals surface area contributed by atoms with E-state index in [0.29, 0.717) is 19.3 Å². The number of nitrogens with two attached hydrogens (primary N) is 1. The van der Waals surface area contributed by atoms with Crippen LogP contribution in [0.5, 0.6) is 0 Å². The van der Waals surface area contributed by atoms with Crippen LogP contribution in [0.4, 0.5) is 0 Å². The van der Waals surface area contributed by atoms with Gasteiger partial charge in [-0.1, -0.05) is 19.8 Å². The van der Waals surface area contributed by atoms with Gasteiger partial charge >= 0.3 is 0 Å². The van der Waals surface area contributed by atoms with Crippen LogP contribution >= 0.6 is 0 Å². The minimum absolute atomic E-state index is 0.0395. The number of rotatable bonds is 5. The molecule has 106 valence electrons. The predicted molar refractivity (Wildman–Crippen MR) is 73.1 cm³/mol. The average molecular weight is 275 g/mol. The third-order valence-electron chi connectivity index (χ3n) is 3.93. The standard InChI is InChI=1S/C13H25NO3S/c1-4-8-13(2,14)12(15)10-6-5-7-11(9-10)18(3,16)17/h10-11H,4-9,14H2,1-3H3. The summed E-state index contributed by atoms with van der Waals surface area (Å²) in [5, 5.41) is -0.363. The lowest BCUT2D eigenvalue weighted by molar-refractivity contribution is -0.128. The van der Waals surface area contributed by atoms with E-state index in [-0.39, 0.29) is 17.0 Å². The van der Waals surface area contributed by atoms with Gasteiger partial charge in [-0.05, 0) is 32.6 Å². The van der Waals surface area contributed by atoms with E-state index in [9.17, 15) is 13.2 Å². The van der Waals surface area contributed by atoms with Crippen LogP contribution in [0.25, 0.3) is 0 Å². The SMILES string of the molecule is CCCC(C)(N)C(=O)C1CCCC(S(C)(=O)=O)C1. The van der Waals surface area contributed by atoms with Crippen LogP contribution in [0, 0.1) is 5.92 Å². The van der Waals surface area contributed by atoms with Gasteiger partial charge in [-0.15, -0.1) is 0 Å². The lowest BCUT2D eigenvalue weighted by Crippen LogP contribution is -2.49. The Labute approximate surface area is 110 Å². The zero-order valence-electron chi connectivity index (χ0n) is 11.6. The fourth-order valence-corrected chi connectivity index (χ4v) is 4.06. The summed E-state index contributed by atoms with van der Waals surface area (Å²) in [6.07, 6.45) is 5.49. The first-order valence-corrected chi connectivity index (χ1v) is 8.66. The number of sulfone groups is 1. The van der Waals surface area contributed by atoms with E-state index in [0.717, 1.165) is 19.3 Å². The Morgan fingerprint density at radius 1 is 1.39 bits per heavy atom. The number of Topliss-reactive ketones (excluding diaryl/α,β-unsaturated/α-hetero) is 1. The van der Waals surface area contributed by atoms with Gasteiger partial charge < -0.3 is 5.73 Å². The number of hydrogen-bond donors (Lipinski definition) is 1. The zero-order valence-corrected chi connectivity index (χ0v) is 12.4. The Morgan fingerprint density at radius 2 is 2.00 bits per heavy atom. The lowest BCUT2D eigenvalue weighted by atomic mass is 9.77. The van der Waals surface area contributed by atoms with Crippen molar-refractivity contribution in [2.24, 2.45) is 11.7 Å². The highest BCUT2D eigenvalue weighted by molar-refractivity contribution is 7.91. The fourth-order valence-electron chi connectivity index (χ4n) is 2.88. The summed E-state index contributed by atoms with van der Waals surface area (Å²) in [5.41, 5.74) is 5.25. The van der Waals surface area contributed by atoms with E-state index in [1.807, 2.05) is 6.92 Å². The monoisotopic (exact) mass is 275 g/mol. The van der Waals surface area contributed by atoms with Crippen molar-refractivity contribution in [2.45, 2.75) is 63.2 Å². The first-order valence-electron chi connectivity index (χ1n) is 6.70. The van der Waals surface area contributed by atoms with Crippen molar-refractivity contribution in [3.8, 4) is 0 Å². The highest BCUT2D eigenvalue weighted by Crippen LogP contribution is 2.32. The minimum atomic E-state index is -3.04. The van der Waals surface area contributed by atoms with Gasteiger partial charge in [0.05, 0.1) is 10.8 Å². The molecule has 3 unspecified atom stereocenters. The Bertz CT molecular complexity index is 400. The van der Waals surface area contributed by atoms with E-state index < -0.39 is 15.4 Å².